The maximum Gasteiger partial charge on any atom is 0.165 e. The number of nitrogens with two attached hydrogens (primary N) is 1. The number of aromatic nitrogens is 5. The lowest BCUT2D eigenvalue weighted by molar-refractivity contribution is 0.0738. The molecule has 0 saturated carbocycles. The van der Waals surface area contributed by atoms with Crippen molar-refractivity contribution in [1.29, 1.82) is 0 Å². The summed E-state index contributed by atoms with van der Waals surface area (Å²) in [7, 11) is 0. The lowest BCUT2D eigenvalue weighted by Gasteiger charge is -2.16. The molecule has 1 aromatic carbocycles. The first-order valence-corrected chi connectivity index (χ1v) is 8.50. The van der Waals surface area contributed by atoms with Crippen molar-refractivity contribution in [3.63, 3.8) is 0 Å². The summed E-state index contributed by atoms with van der Waals surface area (Å²) in [6.07, 6.45) is 2.92. The SMILES string of the molecule is Cc1ccc(O)c(C)c1-n1c2ncc(C(C)(C)O)nc2c2c(N)ncnc21. The number of benzene rings is 1. The van der Waals surface area contributed by atoms with E-state index in [-0.39, 0.29) is 11.6 Å². The van der Waals surface area contributed by atoms with Gasteiger partial charge in [-0.05, 0) is 39.3 Å². The molecule has 0 amide bonds. The molecule has 0 aliphatic carbocycles. The molecule has 3 heterocycles. The van der Waals surface area contributed by atoms with Crippen LogP contribution in [0.1, 0.15) is 30.7 Å². The van der Waals surface area contributed by atoms with Gasteiger partial charge in [-0.25, -0.2) is 19.9 Å². The van der Waals surface area contributed by atoms with Crippen molar-refractivity contribution in [1.82, 2.24) is 24.5 Å². The van der Waals surface area contributed by atoms with Crippen molar-refractivity contribution >= 4 is 28.0 Å². The Balaban J connectivity index is 2.22. The number of nitrogens with zero attached hydrogens (tertiary/aromatic N) is 5. The van der Waals surface area contributed by atoms with E-state index >= 15 is 0 Å². The van der Waals surface area contributed by atoms with Crippen LogP contribution in [0.4, 0.5) is 5.82 Å². The topological polar surface area (TPSA) is 123 Å². The molecule has 0 saturated heterocycles. The first-order valence-electron chi connectivity index (χ1n) is 8.50. The molecule has 138 valence electrons. The highest BCUT2D eigenvalue weighted by molar-refractivity contribution is 6.09. The van der Waals surface area contributed by atoms with Crippen molar-refractivity contribution in [3.8, 4) is 11.4 Å². The number of aliphatic hydroxyl groups is 1. The lowest BCUT2D eigenvalue weighted by Crippen LogP contribution is -2.18. The average molecular weight is 364 g/mol. The predicted molar refractivity (Wildman–Crippen MR) is 103 cm³/mol. The number of hydrogen-bond donors (Lipinski definition) is 3. The Morgan fingerprint density at radius 2 is 1.81 bits per heavy atom. The van der Waals surface area contributed by atoms with E-state index in [9.17, 15) is 10.2 Å². The second kappa shape index (κ2) is 5.62. The summed E-state index contributed by atoms with van der Waals surface area (Å²) >= 11 is 0. The van der Waals surface area contributed by atoms with Gasteiger partial charge in [0.2, 0.25) is 0 Å². The maximum absolute atomic E-state index is 10.3. The number of fused-ring (bicyclic) bond motifs is 3. The molecule has 27 heavy (non-hydrogen) atoms. The van der Waals surface area contributed by atoms with Crippen LogP contribution in [0.15, 0.2) is 24.7 Å². The first kappa shape index (κ1) is 17.2. The third-order valence-corrected chi connectivity index (χ3v) is 4.72. The van der Waals surface area contributed by atoms with Gasteiger partial charge in [-0.1, -0.05) is 6.07 Å². The van der Waals surface area contributed by atoms with E-state index in [1.165, 1.54) is 12.5 Å². The van der Waals surface area contributed by atoms with Crippen LogP contribution in [0, 0.1) is 13.8 Å². The van der Waals surface area contributed by atoms with E-state index in [2.05, 4.69) is 19.9 Å². The molecular weight excluding hydrogens is 344 g/mol. The molecule has 8 nitrogen and oxygen atoms in total. The fourth-order valence-electron chi connectivity index (χ4n) is 3.28. The Morgan fingerprint density at radius 1 is 1.07 bits per heavy atom. The molecule has 0 unspecified atom stereocenters. The molecule has 0 fully saturated rings. The summed E-state index contributed by atoms with van der Waals surface area (Å²) in [5, 5.41) is 21.1. The molecule has 0 bridgehead atoms. The van der Waals surface area contributed by atoms with Gasteiger partial charge in [0, 0.05) is 5.56 Å². The van der Waals surface area contributed by atoms with Crippen molar-refractivity contribution in [3.05, 3.63) is 41.5 Å². The number of phenolic OH excluding ortho intramolecular Hbond substituents is 1. The van der Waals surface area contributed by atoms with E-state index in [0.717, 1.165) is 11.3 Å². The number of hydrogen-bond acceptors (Lipinski definition) is 7. The van der Waals surface area contributed by atoms with Crippen LogP contribution in [-0.4, -0.2) is 34.7 Å². The van der Waals surface area contributed by atoms with Gasteiger partial charge >= 0.3 is 0 Å². The second-order valence-corrected chi connectivity index (χ2v) is 7.15. The molecule has 0 radical (unpaired) electrons. The lowest BCUT2D eigenvalue weighted by atomic mass is 10.1. The summed E-state index contributed by atoms with van der Waals surface area (Å²) in [4.78, 5) is 17.7. The third kappa shape index (κ3) is 2.48. The minimum atomic E-state index is -1.16. The Kier molecular flexibility index (Phi) is 3.57. The Morgan fingerprint density at radius 3 is 2.52 bits per heavy atom. The highest BCUT2D eigenvalue weighted by atomic mass is 16.3. The molecular formula is C19H20N6O2. The van der Waals surface area contributed by atoms with E-state index in [1.54, 1.807) is 19.9 Å². The average Bonchev–Trinajstić information content (AvgIpc) is 2.93. The van der Waals surface area contributed by atoms with Crippen LogP contribution in [0.3, 0.4) is 0 Å². The first-order chi connectivity index (χ1) is 12.7. The molecule has 4 N–H and O–H groups in total. The van der Waals surface area contributed by atoms with E-state index in [4.69, 9.17) is 5.73 Å². The maximum atomic E-state index is 10.3. The van der Waals surface area contributed by atoms with Crippen molar-refractivity contribution in [2.75, 3.05) is 5.73 Å². The summed E-state index contributed by atoms with van der Waals surface area (Å²) in [6.45, 7) is 7.07. The quantitative estimate of drug-likeness (QED) is 0.499. The summed E-state index contributed by atoms with van der Waals surface area (Å²) in [5.41, 5.74) is 9.37. The standard InChI is InChI=1S/C19H20N6O2/c1-9-5-6-11(26)10(2)15(9)25-17-13(16(20)22-8-23-17)14-18(25)21-7-12(24-14)19(3,4)27/h5-8,26-27H,1-4H3,(H2,20,22,23). The summed E-state index contributed by atoms with van der Waals surface area (Å²) in [6, 6.07) is 3.49. The molecule has 0 atom stereocenters. The second-order valence-electron chi connectivity index (χ2n) is 7.15. The van der Waals surface area contributed by atoms with Gasteiger partial charge in [0.25, 0.3) is 0 Å². The number of aromatic hydroxyl groups is 1. The zero-order valence-corrected chi connectivity index (χ0v) is 15.5. The van der Waals surface area contributed by atoms with Crippen LogP contribution in [-0.2, 0) is 5.60 Å². The van der Waals surface area contributed by atoms with Crippen LogP contribution >= 0.6 is 0 Å². The van der Waals surface area contributed by atoms with Gasteiger partial charge < -0.3 is 15.9 Å². The van der Waals surface area contributed by atoms with Gasteiger partial charge in [0.15, 0.2) is 11.3 Å². The zero-order chi connectivity index (χ0) is 19.5. The van der Waals surface area contributed by atoms with Crippen molar-refractivity contribution in [2.24, 2.45) is 0 Å². The third-order valence-electron chi connectivity index (χ3n) is 4.72. The highest BCUT2D eigenvalue weighted by Gasteiger charge is 2.25. The van der Waals surface area contributed by atoms with E-state index < -0.39 is 5.60 Å². The highest BCUT2D eigenvalue weighted by Crippen LogP contribution is 2.36. The summed E-state index contributed by atoms with van der Waals surface area (Å²) < 4.78 is 1.83. The van der Waals surface area contributed by atoms with Gasteiger partial charge in [-0.15, -0.1) is 0 Å². The smallest absolute Gasteiger partial charge is 0.165 e. The van der Waals surface area contributed by atoms with Gasteiger partial charge in [0.1, 0.15) is 29.0 Å². The summed E-state index contributed by atoms with van der Waals surface area (Å²) in [5.74, 6) is 0.454. The van der Waals surface area contributed by atoms with Gasteiger partial charge in [0.05, 0.1) is 23.0 Å². The number of rotatable bonds is 2. The zero-order valence-electron chi connectivity index (χ0n) is 15.5. The Labute approximate surface area is 155 Å². The van der Waals surface area contributed by atoms with Crippen molar-refractivity contribution in [2.45, 2.75) is 33.3 Å². The largest absolute Gasteiger partial charge is 0.508 e. The van der Waals surface area contributed by atoms with Gasteiger partial charge in [-0.2, -0.15) is 0 Å². The van der Waals surface area contributed by atoms with Crippen molar-refractivity contribution < 1.29 is 10.2 Å². The Bertz CT molecular complexity index is 1210. The van der Waals surface area contributed by atoms with Crippen LogP contribution in [0.5, 0.6) is 5.75 Å². The minimum Gasteiger partial charge on any atom is -0.508 e. The number of anilines is 1. The fraction of sp³-hybridized carbons (Fsp3) is 0.263. The predicted octanol–water partition coefficient (Wildman–Crippen LogP) is 2.50. The molecule has 3 aromatic heterocycles. The molecule has 0 aliphatic rings. The van der Waals surface area contributed by atoms with Crippen LogP contribution < -0.4 is 5.73 Å². The number of nitrogen functional groups attached to an aromatic ring is 1. The fourth-order valence-corrected chi connectivity index (χ4v) is 3.28. The normalized spacial score (nSPS) is 12.2. The van der Waals surface area contributed by atoms with E-state index in [1.807, 2.05) is 24.5 Å². The molecule has 0 aliphatic heterocycles. The van der Waals surface area contributed by atoms with Gasteiger partial charge in [-0.3, -0.25) is 4.57 Å². The number of phenols is 1. The number of aryl methyl sites for hydroxylation is 1. The molecule has 0 spiro atoms. The van der Waals surface area contributed by atoms with Crippen LogP contribution in [0.25, 0.3) is 27.9 Å². The van der Waals surface area contributed by atoms with E-state index in [0.29, 0.717) is 33.5 Å². The monoisotopic (exact) mass is 364 g/mol. The Hall–Kier alpha value is -3.26. The molecule has 8 heteroatoms. The molecule has 4 rings (SSSR count). The van der Waals surface area contributed by atoms with Crippen LogP contribution in [0.2, 0.25) is 0 Å². The minimum absolute atomic E-state index is 0.175. The molecule has 4 aromatic rings.